The van der Waals surface area contributed by atoms with Gasteiger partial charge in [0.2, 0.25) is 0 Å². The van der Waals surface area contributed by atoms with Crippen molar-refractivity contribution in [3.05, 3.63) is 66.4 Å². The first kappa shape index (κ1) is 19.0. The largest absolute Gasteiger partial charge is 0.495 e. The number of methoxy groups -OCH3 is 3. The summed E-state index contributed by atoms with van der Waals surface area (Å²) in [5.41, 5.74) is 1.83. The Kier molecular flexibility index (Phi) is 5.96. The highest BCUT2D eigenvalue weighted by molar-refractivity contribution is 6.04. The number of aromatic nitrogens is 1. The average Bonchev–Trinajstić information content (AvgIpc) is 2.74. The smallest absolute Gasteiger partial charge is 0.255 e. The van der Waals surface area contributed by atoms with Crippen LogP contribution >= 0.6 is 0 Å². The van der Waals surface area contributed by atoms with Crippen molar-refractivity contribution in [1.82, 2.24) is 4.98 Å². The van der Waals surface area contributed by atoms with E-state index in [0.29, 0.717) is 28.6 Å². The molecule has 0 atom stereocenters. The second-order valence-electron chi connectivity index (χ2n) is 5.78. The Morgan fingerprint density at radius 2 is 1.61 bits per heavy atom. The fourth-order valence-corrected chi connectivity index (χ4v) is 2.61. The van der Waals surface area contributed by atoms with Crippen molar-refractivity contribution < 1.29 is 19.0 Å². The van der Waals surface area contributed by atoms with Crippen LogP contribution in [0.4, 0.5) is 17.2 Å². The van der Waals surface area contributed by atoms with Gasteiger partial charge in [0.25, 0.3) is 5.91 Å². The number of hydrogen-bond acceptors (Lipinski definition) is 6. The number of anilines is 3. The van der Waals surface area contributed by atoms with Gasteiger partial charge in [0.05, 0.1) is 38.9 Å². The lowest BCUT2D eigenvalue weighted by Gasteiger charge is -2.11. The van der Waals surface area contributed by atoms with E-state index >= 15 is 0 Å². The zero-order valence-corrected chi connectivity index (χ0v) is 15.9. The highest BCUT2D eigenvalue weighted by atomic mass is 16.5. The third-order valence-corrected chi connectivity index (χ3v) is 4.04. The zero-order valence-electron chi connectivity index (χ0n) is 15.9. The van der Waals surface area contributed by atoms with Gasteiger partial charge in [0, 0.05) is 5.56 Å². The third-order valence-electron chi connectivity index (χ3n) is 4.04. The van der Waals surface area contributed by atoms with E-state index in [1.54, 1.807) is 50.7 Å². The number of carbonyl (C=O) groups excluding carboxylic acids is 1. The van der Waals surface area contributed by atoms with Gasteiger partial charge in [-0.3, -0.25) is 4.79 Å². The summed E-state index contributed by atoms with van der Waals surface area (Å²) in [6, 6.07) is 16.1. The van der Waals surface area contributed by atoms with Crippen molar-refractivity contribution in [3.8, 4) is 17.2 Å². The molecule has 1 aromatic heterocycles. The number of carbonyl (C=O) groups is 1. The van der Waals surface area contributed by atoms with E-state index in [-0.39, 0.29) is 5.91 Å². The standard InChI is InChI=1S/C21H21N3O4/c1-26-17-7-5-4-6-16(17)24-20-11-9-15(13-22-20)23-21(25)14-8-10-18(27-2)19(12-14)28-3/h4-13H,1-3H3,(H,22,24)(H,23,25). The molecule has 0 radical (unpaired) electrons. The van der Waals surface area contributed by atoms with Gasteiger partial charge in [-0.05, 0) is 42.5 Å². The van der Waals surface area contributed by atoms with Crippen molar-refractivity contribution in [2.75, 3.05) is 32.0 Å². The molecular weight excluding hydrogens is 358 g/mol. The number of amides is 1. The van der Waals surface area contributed by atoms with Crippen LogP contribution in [0.1, 0.15) is 10.4 Å². The van der Waals surface area contributed by atoms with Crippen molar-refractivity contribution in [2.24, 2.45) is 0 Å². The minimum Gasteiger partial charge on any atom is -0.495 e. The molecule has 144 valence electrons. The Hall–Kier alpha value is -3.74. The minimum atomic E-state index is -0.270. The van der Waals surface area contributed by atoms with Crippen LogP contribution in [0.5, 0.6) is 17.2 Å². The highest BCUT2D eigenvalue weighted by Crippen LogP contribution is 2.28. The van der Waals surface area contributed by atoms with Gasteiger partial charge >= 0.3 is 0 Å². The lowest BCUT2D eigenvalue weighted by atomic mass is 10.2. The number of ether oxygens (including phenoxy) is 3. The van der Waals surface area contributed by atoms with E-state index < -0.39 is 0 Å². The molecule has 1 amide bonds. The molecule has 0 bridgehead atoms. The van der Waals surface area contributed by atoms with E-state index in [2.05, 4.69) is 15.6 Å². The topological polar surface area (TPSA) is 81.7 Å². The summed E-state index contributed by atoms with van der Waals surface area (Å²) in [5.74, 6) is 2.13. The first-order chi connectivity index (χ1) is 13.6. The number of rotatable bonds is 7. The normalized spacial score (nSPS) is 10.1. The monoisotopic (exact) mass is 379 g/mol. The van der Waals surface area contributed by atoms with E-state index in [9.17, 15) is 4.79 Å². The highest BCUT2D eigenvalue weighted by Gasteiger charge is 2.11. The second kappa shape index (κ2) is 8.77. The third kappa shape index (κ3) is 4.32. The minimum absolute atomic E-state index is 0.270. The maximum absolute atomic E-state index is 12.5. The Morgan fingerprint density at radius 1 is 0.857 bits per heavy atom. The number of hydrogen-bond donors (Lipinski definition) is 2. The maximum atomic E-state index is 12.5. The Morgan fingerprint density at radius 3 is 2.29 bits per heavy atom. The van der Waals surface area contributed by atoms with Crippen molar-refractivity contribution in [3.63, 3.8) is 0 Å². The van der Waals surface area contributed by atoms with E-state index in [1.807, 2.05) is 24.3 Å². The summed E-state index contributed by atoms with van der Waals surface area (Å²) >= 11 is 0. The van der Waals surface area contributed by atoms with Crippen LogP contribution in [-0.2, 0) is 0 Å². The summed E-state index contributed by atoms with van der Waals surface area (Å²) in [7, 11) is 4.68. The number of nitrogens with zero attached hydrogens (tertiary/aromatic N) is 1. The Balaban J connectivity index is 1.69. The molecule has 0 spiro atoms. The van der Waals surface area contributed by atoms with Gasteiger partial charge < -0.3 is 24.8 Å². The van der Waals surface area contributed by atoms with Crippen LogP contribution < -0.4 is 24.8 Å². The van der Waals surface area contributed by atoms with Gasteiger partial charge in [0.1, 0.15) is 11.6 Å². The summed E-state index contributed by atoms with van der Waals surface area (Å²) in [5, 5.41) is 5.99. The van der Waals surface area contributed by atoms with Crippen LogP contribution in [-0.4, -0.2) is 32.2 Å². The number of benzene rings is 2. The van der Waals surface area contributed by atoms with E-state index in [4.69, 9.17) is 14.2 Å². The Bertz CT molecular complexity index is 958. The zero-order chi connectivity index (χ0) is 19.9. The summed E-state index contributed by atoms with van der Waals surface area (Å²) in [4.78, 5) is 16.8. The maximum Gasteiger partial charge on any atom is 0.255 e. The molecule has 0 aliphatic carbocycles. The van der Waals surface area contributed by atoms with Crippen molar-refractivity contribution >= 4 is 23.1 Å². The first-order valence-electron chi connectivity index (χ1n) is 8.54. The van der Waals surface area contributed by atoms with Crippen LogP contribution in [0.15, 0.2) is 60.8 Å². The molecule has 7 heteroatoms. The molecular formula is C21H21N3O4. The van der Waals surface area contributed by atoms with Gasteiger partial charge in [-0.1, -0.05) is 12.1 Å². The number of pyridine rings is 1. The van der Waals surface area contributed by atoms with Gasteiger partial charge in [-0.2, -0.15) is 0 Å². The predicted molar refractivity (Wildman–Crippen MR) is 108 cm³/mol. The predicted octanol–water partition coefficient (Wildman–Crippen LogP) is 4.10. The van der Waals surface area contributed by atoms with Gasteiger partial charge in [0.15, 0.2) is 11.5 Å². The average molecular weight is 379 g/mol. The molecule has 0 fully saturated rings. The van der Waals surface area contributed by atoms with E-state index in [0.717, 1.165) is 11.4 Å². The second-order valence-corrected chi connectivity index (χ2v) is 5.78. The summed E-state index contributed by atoms with van der Waals surface area (Å²) in [6.07, 6.45) is 1.58. The molecule has 0 saturated heterocycles. The van der Waals surface area contributed by atoms with Crippen LogP contribution in [0, 0.1) is 0 Å². The SMILES string of the molecule is COc1ccccc1Nc1ccc(NC(=O)c2ccc(OC)c(OC)c2)cn1. The number of nitrogens with one attached hydrogen (secondary N) is 2. The van der Waals surface area contributed by atoms with Crippen molar-refractivity contribution in [1.29, 1.82) is 0 Å². The molecule has 7 nitrogen and oxygen atoms in total. The molecule has 3 rings (SSSR count). The number of para-hydroxylation sites is 2. The Labute approximate surface area is 163 Å². The summed E-state index contributed by atoms with van der Waals surface area (Å²) in [6.45, 7) is 0. The molecule has 1 heterocycles. The lowest BCUT2D eigenvalue weighted by Crippen LogP contribution is -2.12. The van der Waals surface area contributed by atoms with Crippen molar-refractivity contribution in [2.45, 2.75) is 0 Å². The molecule has 0 saturated carbocycles. The molecule has 28 heavy (non-hydrogen) atoms. The first-order valence-corrected chi connectivity index (χ1v) is 8.54. The molecule has 0 unspecified atom stereocenters. The molecule has 3 aromatic rings. The van der Waals surface area contributed by atoms with Crippen LogP contribution in [0.25, 0.3) is 0 Å². The quantitative estimate of drug-likeness (QED) is 0.643. The molecule has 2 N–H and O–H groups in total. The summed E-state index contributed by atoms with van der Waals surface area (Å²) < 4.78 is 15.7. The van der Waals surface area contributed by atoms with Crippen LogP contribution in [0.3, 0.4) is 0 Å². The molecule has 0 aliphatic heterocycles. The lowest BCUT2D eigenvalue weighted by molar-refractivity contribution is 0.102. The van der Waals surface area contributed by atoms with Gasteiger partial charge in [-0.15, -0.1) is 0 Å². The van der Waals surface area contributed by atoms with E-state index in [1.165, 1.54) is 7.11 Å². The molecule has 2 aromatic carbocycles. The molecule has 0 aliphatic rings. The van der Waals surface area contributed by atoms with Crippen LogP contribution in [0.2, 0.25) is 0 Å². The van der Waals surface area contributed by atoms with Gasteiger partial charge in [-0.25, -0.2) is 4.98 Å². The fourth-order valence-electron chi connectivity index (χ4n) is 2.61. The fraction of sp³-hybridized carbons (Fsp3) is 0.143.